The van der Waals surface area contributed by atoms with Gasteiger partial charge in [0.15, 0.2) is 5.82 Å². The molecule has 3 heterocycles. The maximum absolute atomic E-state index is 5.02. The number of hydrogen-bond acceptors (Lipinski definition) is 5. The summed E-state index contributed by atoms with van der Waals surface area (Å²) in [6.45, 7) is 0. The van der Waals surface area contributed by atoms with Gasteiger partial charge in [-0.3, -0.25) is 5.10 Å². The van der Waals surface area contributed by atoms with Gasteiger partial charge in [0.05, 0.1) is 12.8 Å². The number of rotatable bonds is 3. The first-order chi connectivity index (χ1) is 9.36. The van der Waals surface area contributed by atoms with Crippen molar-refractivity contribution in [3.8, 4) is 28.7 Å². The maximum atomic E-state index is 5.02. The van der Waals surface area contributed by atoms with Gasteiger partial charge in [0.25, 0.3) is 0 Å². The second-order valence-corrected chi connectivity index (χ2v) is 3.83. The number of aromatic amines is 1. The molecule has 0 radical (unpaired) electrons. The molecule has 0 aliphatic rings. The first-order valence-electron chi connectivity index (χ1n) is 5.70. The minimum atomic E-state index is 0.575. The molecule has 0 unspecified atom stereocenters. The van der Waals surface area contributed by atoms with Crippen molar-refractivity contribution in [3.63, 3.8) is 0 Å². The summed E-state index contributed by atoms with van der Waals surface area (Å²) in [5.41, 5.74) is 2.46. The van der Waals surface area contributed by atoms with Crippen LogP contribution in [0.4, 0.5) is 0 Å². The van der Waals surface area contributed by atoms with Crippen molar-refractivity contribution >= 4 is 0 Å². The first-order valence-corrected chi connectivity index (χ1v) is 5.70. The molecule has 1 N–H and O–H groups in total. The van der Waals surface area contributed by atoms with E-state index in [2.05, 4.69) is 25.1 Å². The molecule has 0 saturated heterocycles. The first kappa shape index (κ1) is 11.3. The van der Waals surface area contributed by atoms with Crippen LogP contribution in [0.5, 0.6) is 5.88 Å². The molecule has 0 fully saturated rings. The molecule has 0 bridgehead atoms. The molecule has 3 aromatic rings. The summed E-state index contributed by atoms with van der Waals surface area (Å²) in [5, 5.41) is 7.15. The lowest BCUT2D eigenvalue weighted by Gasteiger charge is -1.98. The predicted octanol–water partition coefficient (Wildman–Crippen LogP) is 1.94. The maximum Gasteiger partial charge on any atom is 0.212 e. The van der Waals surface area contributed by atoms with Crippen LogP contribution in [0.25, 0.3) is 22.8 Å². The van der Waals surface area contributed by atoms with Crippen molar-refractivity contribution in [1.29, 1.82) is 0 Å². The van der Waals surface area contributed by atoms with Gasteiger partial charge in [-0.05, 0) is 18.2 Å². The number of hydrogen-bond donors (Lipinski definition) is 1. The van der Waals surface area contributed by atoms with Gasteiger partial charge >= 0.3 is 0 Å². The fourth-order valence-corrected chi connectivity index (χ4v) is 1.67. The topological polar surface area (TPSA) is 76.6 Å². The van der Waals surface area contributed by atoms with Gasteiger partial charge in [-0.25, -0.2) is 15.0 Å². The molecular formula is C13H11N5O. The summed E-state index contributed by atoms with van der Waals surface area (Å²) in [6, 6.07) is 7.35. The van der Waals surface area contributed by atoms with Crippen LogP contribution in [0.3, 0.4) is 0 Å². The van der Waals surface area contributed by atoms with E-state index in [4.69, 9.17) is 4.74 Å². The van der Waals surface area contributed by atoms with Crippen LogP contribution in [-0.2, 0) is 0 Å². The Bertz CT molecular complexity index is 663. The lowest BCUT2D eigenvalue weighted by molar-refractivity contribution is 0.398. The average molecular weight is 253 g/mol. The van der Waals surface area contributed by atoms with E-state index >= 15 is 0 Å². The molecule has 0 saturated carbocycles. The van der Waals surface area contributed by atoms with E-state index in [1.807, 2.05) is 12.1 Å². The van der Waals surface area contributed by atoms with Gasteiger partial charge < -0.3 is 4.74 Å². The van der Waals surface area contributed by atoms with Crippen LogP contribution in [0.15, 0.2) is 42.9 Å². The summed E-state index contributed by atoms with van der Waals surface area (Å²) in [4.78, 5) is 12.5. The molecule has 6 nitrogen and oxygen atoms in total. The van der Waals surface area contributed by atoms with E-state index < -0.39 is 0 Å². The van der Waals surface area contributed by atoms with Crippen LogP contribution in [0.2, 0.25) is 0 Å². The van der Waals surface area contributed by atoms with Crippen LogP contribution < -0.4 is 4.74 Å². The van der Waals surface area contributed by atoms with E-state index in [1.54, 1.807) is 37.8 Å². The Labute approximate surface area is 109 Å². The van der Waals surface area contributed by atoms with Gasteiger partial charge in [-0.2, -0.15) is 5.10 Å². The van der Waals surface area contributed by atoms with Crippen LogP contribution in [0, 0.1) is 0 Å². The van der Waals surface area contributed by atoms with E-state index in [9.17, 15) is 0 Å². The van der Waals surface area contributed by atoms with Crippen LogP contribution in [0.1, 0.15) is 0 Å². The molecular weight excluding hydrogens is 242 g/mol. The molecule has 94 valence electrons. The molecule has 6 heteroatoms. The Morgan fingerprint density at radius 1 is 1.11 bits per heavy atom. The minimum absolute atomic E-state index is 0.575. The van der Waals surface area contributed by atoms with E-state index in [1.165, 1.54) is 0 Å². The Morgan fingerprint density at radius 3 is 2.63 bits per heavy atom. The molecule has 0 amide bonds. The monoisotopic (exact) mass is 253 g/mol. The van der Waals surface area contributed by atoms with Crippen molar-refractivity contribution in [2.75, 3.05) is 7.11 Å². The smallest absolute Gasteiger partial charge is 0.212 e. The van der Waals surface area contributed by atoms with Crippen LogP contribution in [-0.4, -0.2) is 32.3 Å². The number of nitrogens with zero attached hydrogens (tertiary/aromatic N) is 4. The summed E-state index contributed by atoms with van der Waals surface area (Å²) in [6.07, 6.45) is 5.10. The third-order valence-electron chi connectivity index (χ3n) is 2.63. The van der Waals surface area contributed by atoms with Crippen LogP contribution >= 0.6 is 0 Å². The Morgan fingerprint density at radius 2 is 1.95 bits per heavy atom. The molecule has 0 aliphatic heterocycles. The highest BCUT2D eigenvalue weighted by Gasteiger charge is 2.07. The lowest BCUT2D eigenvalue weighted by atomic mass is 10.2. The summed E-state index contributed by atoms with van der Waals surface area (Å²) < 4.78 is 5.02. The molecule has 0 aromatic carbocycles. The molecule has 0 atom stereocenters. The third kappa shape index (κ3) is 2.28. The third-order valence-corrected chi connectivity index (χ3v) is 2.63. The number of H-pyrrole nitrogens is 1. The average Bonchev–Trinajstić information content (AvgIpc) is 2.98. The molecule has 3 rings (SSSR count). The fraction of sp³-hybridized carbons (Fsp3) is 0.0769. The van der Waals surface area contributed by atoms with Crippen molar-refractivity contribution in [3.05, 3.63) is 42.9 Å². The van der Waals surface area contributed by atoms with Crippen molar-refractivity contribution in [2.24, 2.45) is 0 Å². The zero-order valence-electron chi connectivity index (χ0n) is 10.2. The quantitative estimate of drug-likeness (QED) is 0.771. The zero-order chi connectivity index (χ0) is 13.1. The summed E-state index contributed by atoms with van der Waals surface area (Å²) in [5.74, 6) is 1.19. The van der Waals surface area contributed by atoms with Gasteiger partial charge in [-0.1, -0.05) is 0 Å². The normalized spacial score (nSPS) is 10.4. The standard InChI is InChI=1S/C13H11N5O/c1-19-12-4-3-9(8-16-12)10-7-11(18-17-10)13-14-5-2-6-15-13/h2-8H,1H3,(H,17,18). The van der Waals surface area contributed by atoms with E-state index in [0.717, 1.165) is 17.0 Å². The highest BCUT2D eigenvalue weighted by molar-refractivity contribution is 5.64. The predicted molar refractivity (Wildman–Crippen MR) is 69.4 cm³/mol. The lowest BCUT2D eigenvalue weighted by Crippen LogP contribution is -1.87. The van der Waals surface area contributed by atoms with Gasteiger partial charge in [0.2, 0.25) is 5.88 Å². The largest absolute Gasteiger partial charge is 0.481 e. The SMILES string of the molecule is COc1ccc(-c2cc(-c3ncccn3)[nH]n2)cn1. The van der Waals surface area contributed by atoms with Gasteiger partial charge in [0, 0.05) is 30.2 Å². The Hall–Kier alpha value is -2.76. The summed E-state index contributed by atoms with van der Waals surface area (Å²) in [7, 11) is 1.58. The fourth-order valence-electron chi connectivity index (χ4n) is 1.67. The zero-order valence-corrected chi connectivity index (χ0v) is 10.2. The Balaban J connectivity index is 1.92. The van der Waals surface area contributed by atoms with E-state index in [-0.39, 0.29) is 0 Å². The van der Waals surface area contributed by atoms with Crippen molar-refractivity contribution < 1.29 is 4.74 Å². The van der Waals surface area contributed by atoms with Crippen molar-refractivity contribution in [2.45, 2.75) is 0 Å². The Kier molecular flexibility index (Phi) is 2.89. The van der Waals surface area contributed by atoms with Crippen molar-refractivity contribution in [1.82, 2.24) is 25.1 Å². The molecule has 0 aliphatic carbocycles. The molecule has 0 spiro atoms. The molecule has 19 heavy (non-hydrogen) atoms. The highest BCUT2D eigenvalue weighted by Crippen LogP contribution is 2.21. The second kappa shape index (κ2) is 4.85. The number of methoxy groups -OCH3 is 1. The second-order valence-electron chi connectivity index (χ2n) is 3.83. The highest BCUT2D eigenvalue weighted by atomic mass is 16.5. The number of pyridine rings is 1. The van der Waals surface area contributed by atoms with E-state index in [0.29, 0.717) is 11.7 Å². The minimum Gasteiger partial charge on any atom is -0.481 e. The molecule has 3 aromatic heterocycles. The number of nitrogens with one attached hydrogen (secondary N) is 1. The number of ether oxygens (including phenoxy) is 1. The number of aromatic nitrogens is 5. The van der Waals surface area contributed by atoms with Gasteiger partial charge in [-0.15, -0.1) is 0 Å². The van der Waals surface area contributed by atoms with Gasteiger partial charge in [0.1, 0.15) is 5.69 Å². The summed E-state index contributed by atoms with van der Waals surface area (Å²) >= 11 is 0.